The van der Waals surface area contributed by atoms with Crippen molar-refractivity contribution >= 4 is 56.9 Å². The standard InChI is InChI=1S/C42H29FN4S/c43-39-29-38(30-21-25-36(26-22-30)46(32-13-5-1-6-14-32)33-15-7-2-8-16-33)41-42(45-48-44-41)40(39)31-23-27-37(28-24-31)47(34-17-9-3-10-18-34)35-19-11-4-12-20-35/h1-29H. The van der Waals surface area contributed by atoms with Gasteiger partial charge in [-0.05, 0) is 90.0 Å². The summed E-state index contributed by atoms with van der Waals surface area (Å²) >= 11 is 1.10. The molecule has 0 bridgehead atoms. The van der Waals surface area contributed by atoms with Crippen molar-refractivity contribution in [3.63, 3.8) is 0 Å². The van der Waals surface area contributed by atoms with Crippen molar-refractivity contribution in [3.8, 4) is 22.3 Å². The second-order valence-corrected chi connectivity index (χ2v) is 11.9. The molecule has 0 N–H and O–H groups in total. The van der Waals surface area contributed by atoms with Gasteiger partial charge in [0.15, 0.2) is 0 Å². The molecule has 0 atom stereocenters. The van der Waals surface area contributed by atoms with Crippen molar-refractivity contribution in [2.75, 3.05) is 9.80 Å². The number of rotatable bonds is 8. The zero-order valence-electron chi connectivity index (χ0n) is 25.8. The SMILES string of the molecule is Fc1cc(-c2ccc(N(c3ccccc3)c3ccccc3)cc2)c2nsnc2c1-c1ccc(N(c2ccccc2)c2ccccc2)cc1. The summed E-state index contributed by atoms with van der Waals surface area (Å²) in [4.78, 5) is 4.39. The number of nitrogens with zero attached hydrogens (tertiary/aromatic N) is 4. The quantitative estimate of drug-likeness (QED) is 0.165. The van der Waals surface area contributed by atoms with Crippen LogP contribution < -0.4 is 9.80 Å². The Kier molecular flexibility index (Phi) is 7.90. The molecular weight excluding hydrogens is 612 g/mol. The van der Waals surface area contributed by atoms with Gasteiger partial charge >= 0.3 is 0 Å². The fourth-order valence-corrected chi connectivity index (χ4v) is 6.74. The first-order valence-corrected chi connectivity index (χ1v) is 16.4. The summed E-state index contributed by atoms with van der Waals surface area (Å²) in [5.74, 6) is -0.333. The van der Waals surface area contributed by atoms with E-state index in [9.17, 15) is 0 Å². The monoisotopic (exact) mass is 640 g/mol. The second kappa shape index (κ2) is 12.9. The van der Waals surface area contributed by atoms with Crippen molar-refractivity contribution < 1.29 is 4.39 Å². The predicted octanol–water partition coefficient (Wildman–Crippen LogP) is 12.1. The lowest BCUT2D eigenvalue weighted by Gasteiger charge is -2.25. The molecule has 48 heavy (non-hydrogen) atoms. The summed E-state index contributed by atoms with van der Waals surface area (Å²) in [5.41, 5.74) is 10.2. The Morgan fingerprint density at radius 2 is 0.750 bits per heavy atom. The van der Waals surface area contributed by atoms with Crippen LogP contribution in [0.4, 0.5) is 38.5 Å². The number of benzene rings is 7. The molecule has 0 spiro atoms. The van der Waals surface area contributed by atoms with E-state index in [1.165, 1.54) is 0 Å². The second-order valence-electron chi connectivity index (χ2n) is 11.3. The maximum absolute atomic E-state index is 16.2. The third-order valence-corrected chi connectivity index (χ3v) is 8.93. The fraction of sp³-hybridized carbons (Fsp3) is 0. The van der Waals surface area contributed by atoms with Crippen molar-refractivity contribution in [2.24, 2.45) is 0 Å². The molecule has 8 rings (SSSR count). The van der Waals surface area contributed by atoms with Crippen LogP contribution in [0.3, 0.4) is 0 Å². The number of hydrogen-bond donors (Lipinski definition) is 0. The van der Waals surface area contributed by atoms with Crippen molar-refractivity contribution in [2.45, 2.75) is 0 Å². The normalized spacial score (nSPS) is 11.0. The third-order valence-electron chi connectivity index (χ3n) is 8.40. The van der Waals surface area contributed by atoms with Crippen molar-refractivity contribution in [3.05, 3.63) is 182 Å². The topological polar surface area (TPSA) is 32.3 Å². The lowest BCUT2D eigenvalue weighted by molar-refractivity contribution is 0.633. The Labute approximate surface area is 283 Å². The van der Waals surface area contributed by atoms with Crippen LogP contribution in [-0.2, 0) is 0 Å². The highest BCUT2D eigenvalue weighted by atomic mass is 32.1. The summed E-state index contributed by atoms with van der Waals surface area (Å²) in [6.45, 7) is 0. The van der Waals surface area contributed by atoms with Gasteiger partial charge in [-0.2, -0.15) is 8.75 Å². The maximum Gasteiger partial charge on any atom is 0.134 e. The van der Waals surface area contributed by atoms with E-state index < -0.39 is 0 Å². The molecule has 0 aliphatic carbocycles. The number of fused-ring (bicyclic) bond motifs is 1. The fourth-order valence-electron chi connectivity index (χ4n) is 6.17. The van der Waals surface area contributed by atoms with Gasteiger partial charge in [0.2, 0.25) is 0 Å². The Morgan fingerprint density at radius 1 is 0.396 bits per heavy atom. The average molecular weight is 641 g/mol. The Bertz CT molecular complexity index is 2200. The summed E-state index contributed by atoms with van der Waals surface area (Å²) in [5, 5.41) is 0. The molecule has 0 saturated carbocycles. The highest BCUT2D eigenvalue weighted by Gasteiger charge is 2.20. The van der Waals surface area contributed by atoms with Crippen LogP contribution in [-0.4, -0.2) is 8.75 Å². The molecule has 0 saturated heterocycles. The van der Waals surface area contributed by atoms with Gasteiger partial charge in [0, 0.05) is 45.3 Å². The third kappa shape index (κ3) is 5.59. The first-order chi connectivity index (χ1) is 23.7. The molecule has 7 aromatic carbocycles. The Balaban J connectivity index is 1.15. The van der Waals surface area contributed by atoms with Gasteiger partial charge in [-0.25, -0.2) is 4.39 Å². The molecule has 1 heterocycles. The smallest absolute Gasteiger partial charge is 0.134 e. The molecule has 4 nitrogen and oxygen atoms in total. The van der Waals surface area contributed by atoms with Crippen LogP contribution in [0.15, 0.2) is 176 Å². The van der Waals surface area contributed by atoms with E-state index in [-0.39, 0.29) is 5.82 Å². The van der Waals surface area contributed by atoms with E-state index in [0.717, 1.165) is 57.0 Å². The van der Waals surface area contributed by atoms with Crippen LogP contribution in [0.25, 0.3) is 33.3 Å². The van der Waals surface area contributed by atoms with Gasteiger partial charge in [-0.3, -0.25) is 0 Å². The van der Waals surface area contributed by atoms with E-state index in [1.807, 2.05) is 109 Å². The van der Waals surface area contributed by atoms with Crippen LogP contribution in [0.5, 0.6) is 0 Å². The molecule has 0 unspecified atom stereocenters. The summed E-state index contributed by atoms with van der Waals surface area (Å²) in [6.07, 6.45) is 0. The summed E-state index contributed by atoms with van der Waals surface area (Å²) < 4.78 is 25.4. The van der Waals surface area contributed by atoms with Crippen molar-refractivity contribution in [1.82, 2.24) is 8.75 Å². The van der Waals surface area contributed by atoms with Gasteiger partial charge in [0.25, 0.3) is 0 Å². The Morgan fingerprint density at radius 3 is 1.17 bits per heavy atom. The van der Waals surface area contributed by atoms with E-state index >= 15 is 4.39 Å². The molecule has 8 aromatic rings. The minimum absolute atomic E-state index is 0.333. The number of anilines is 6. The molecule has 230 valence electrons. The van der Waals surface area contributed by atoms with Gasteiger partial charge < -0.3 is 9.80 Å². The molecule has 0 fully saturated rings. The largest absolute Gasteiger partial charge is 0.311 e. The minimum Gasteiger partial charge on any atom is -0.311 e. The molecule has 6 heteroatoms. The number of halogens is 1. The van der Waals surface area contributed by atoms with Crippen LogP contribution >= 0.6 is 11.7 Å². The van der Waals surface area contributed by atoms with Gasteiger partial charge in [0.05, 0.1) is 11.7 Å². The minimum atomic E-state index is -0.333. The lowest BCUT2D eigenvalue weighted by Crippen LogP contribution is -2.09. The molecule has 0 radical (unpaired) electrons. The predicted molar refractivity (Wildman–Crippen MR) is 198 cm³/mol. The molecule has 0 aliphatic rings. The highest BCUT2D eigenvalue weighted by Crippen LogP contribution is 2.41. The molecular formula is C42H29FN4S. The first-order valence-electron chi connectivity index (χ1n) is 15.7. The van der Waals surface area contributed by atoms with E-state index in [0.29, 0.717) is 22.2 Å². The van der Waals surface area contributed by atoms with E-state index in [2.05, 4.69) is 79.2 Å². The maximum atomic E-state index is 16.2. The Hall–Kier alpha value is -6.11. The van der Waals surface area contributed by atoms with Gasteiger partial charge in [0.1, 0.15) is 16.9 Å². The highest BCUT2D eigenvalue weighted by molar-refractivity contribution is 7.00. The number of para-hydroxylation sites is 4. The number of hydrogen-bond acceptors (Lipinski definition) is 5. The molecule has 0 amide bonds. The van der Waals surface area contributed by atoms with E-state index in [1.54, 1.807) is 6.07 Å². The van der Waals surface area contributed by atoms with Crippen LogP contribution in [0, 0.1) is 5.82 Å². The lowest BCUT2D eigenvalue weighted by atomic mass is 9.96. The van der Waals surface area contributed by atoms with E-state index in [4.69, 9.17) is 0 Å². The van der Waals surface area contributed by atoms with Crippen molar-refractivity contribution in [1.29, 1.82) is 0 Å². The zero-order valence-corrected chi connectivity index (χ0v) is 26.6. The number of aromatic nitrogens is 2. The van der Waals surface area contributed by atoms with Gasteiger partial charge in [-0.1, -0.05) is 97.1 Å². The average Bonchev–Trinajstić information content (AvgIpc) is 3.64. The molecule has 0 aliphatic heterocycles. The van der Waals surface area contributed by atoms with Gasteiger partial charge in [-0.15, -0.1) is 0 Å². The summed E-state index contributed by atoms with van der Waals surface area (Å²) in [7, 11) is 0. The molecule has 1 aromatic heterocycles. The van der Waals surface area contributed by atoms with Crippen LogP contribution in [0.1, 0.15) is 0 Å². The van der Waals surface area contributed by atoms with Crippen LogP contribution in [0.2, 0.25) is 0 Å². The summed E-state index contributed by atoms with van der Waals surface area (Å²) in [6, 6.07) is 58.7. The first kappa shape index (κ1) is 29.3. The zero-order chi connectivity index (χ0) is 32.3.